The summed E-state index contributed by atoms with van der Waals surface area (Å²) >= 11 is 0. The van der Waals surface area contributed by atoms with Gasteiger partial charge in [0.05, 0.1) is 5.92 Å². The van der Waals surface area contributed by atoms with Crippen molar-refractivity contribution in [1.29, 1.82) is 0 Å². The first-order valence-corrected chi connectivity index (χ1v) is 5.67. The number of hydrogen-bond acceptors (Lipinski definition) is 2. The van der Waals surface area contributed by atoms with Crippen LogP contribution < -0.4 is 5.73 Å². The van der Waals surface area contributed by atoms with Crippen molar-refractivity contribution in [3.05, 3.63) is 35.6 Å². The van der Waals surface area contributed by atoms with Crippen LogP contribution in [0.4, 0.5) is 4.39 Å². The monoisotopic (exact) mass is 238 g/mol. The number of nitrogens with zero attached hydrogens (tertiary/aromatic N) is 1. The summed E-state index contributed by atoms with van der Waals surface area (Å²) < 4.78 is 13.0. The standard InChI is InChI=1S/C13H19FN2O/c1-9(10(2)15)13(17)16(3)8-11-5-4-6-12(14)7-11/h4-7,9-10H,8,15H2,1-3H3. The molecule has 2 N–H and O–H groups in total. The van der Waals surface area contributed by atoms with Crippen molar-refractivity contribution in [3.63, 3.8) is 0 Å². The molecule has 1 amide bonds. The van der Waals surface area contributed by atoms with Crippen molar-refractivity contribution < 1.29 is 9.18 Å². The summed E-state index contributed by atoms with van der Waals surface area (Å²) in [5.41, 5.74) is 6.46. The number of amides is 1. The van der Waals surface area contributed by atoms with Gasteiger partial charge in [-0.3, -0.25) is 4.79 Å². The predicted octanol–water partition coefficient (Wildman–Crippen LogP) is 1.77. The Labute approximate surface area is 101 Å². The van der Waals surface area contributed by atoms with Gasteiger partial charge in [0, 0.05) is 19.6 Å². The molecule has 0 fully saturated rings. The minimum absolute atomic E-state index is 0.0238. The minimum atomic E-state index is -0.288. The van der Waals surface area contributed by atoms with E-state index in [-0.39, 0.29) is 23.7 Å². The maximum absolute atomic E-state index is 13.0. The highest BCUT2D eigenvalue weighted by atomic mass is 19.1. The maximum atomic E-state index is 13.0. The predicted molar refractivity (Wildman–Crippen MR) is 65.7 cm³/mol. The van der Waals surface area contributed by atoms with Crippen LogP contribution in [0.1, 0.15) is 19.4 Å². The largest absolute Gasteiger partial charge is 0.341 e. The number of rotatable bonds is 4. The van der Waals surface area contributed by atoms with E-state index in [2.05, 4.69) is 0 Å². The van der Waals surface area contributed by atoms with Crippen LogP contribution in [0.15, 0.2) is 24.3 Å². The van der Waals surface area contributed by atoms with Crippen molar-refractivity contribution in [3.8, 4) is 0 Å². The van der Waals surface area contributed by atoms with Crippen molar-refractivity contribution >= 4 is 5.91 Å². The molecule has 4 heteroatoms. The molecule has 1 aromatic carbocycles. The van der Waals surface area contributed by atoms with Crippen LogP contribution in [0.3, 0.4) is 0 Å². The Morgan fingerprint density at radius 1 is 1.47 bits per heavy atom. The van der Waals surface area contributed by atoms with Gasteiger partial charge in [-0.1, -0.05) is 19.1 Å². The van der Waals surface area contributed by atoms with E-state index in [0.29, 0.717) is 6.54 Å². The summed E-state index contributed by atoms with van der Waals surface area (Å²) in [5.74, 6) is -0.540. The molecule has 0 aliphatic heterocycles. The molecule has 0 aliphatic carbocycles. The fourth-order valence-corrected chi connectivity index (χ4v) is 1.56. The Bertz CT molecular complexity index is 393. The van der Waals surface area contributed by atoms with Gasteiger partial charge >= 0.3 is 0 Å². The fourth-order valence-electron chi connectivity index (χ4n) is 1.56. The molecule has 0 radical (unpaired) electrons. The molecule has 0 spiro atoms. The van der Waals surface area contributed by atoms with Crippen LogP contribution in [0.25, 0.3) is 0 Å². The molecule has 0 aliphatic rings. The number of carbonyl (C=O) groups excluding carboxylic acids is 1. The van der Waals surface area contributed by atoms with E-state index in [4.69, 9.17) is 5.73 Å². The molecule has 0 bridgehead atoms. The van der Waals surface area contributed by atoms with E-state index in [0.717, 1.165) is 5.56 Å². The molecule has 1 rings (SSSR count). The van der Waals surface area contributed by atoms with Gasteiger partial charge in [-0.05, 0) is 24.6 Å². The second-order valence-electron chi connectivity index (χ2n) is 4.47. The Morgan fingerprint density at radius 3 is 2.65 bits per heavy atom. The Morgan fingerprint density at radius 2 is 2.12 bits per heavy atom. The SMILES string of the molecule is CC(N)C(C)C(=O)N(C)Cc1cccc(F)c1. The molecule has 0 heterocycles. The van der Waals surface area contributed by atoms with Crippen molar-refractivity contribution in [2.75, 3.05) is 7.05 Å². The number of benzene rings is 1. The molecule has 0 aromatic heterocycles. The van der Waals surface area contributed by atoms with Gasteiger partial charge in [-0.15, -0.1) is 0 Å². The van der Waals surface area contributed by atoms with Gasteiger partial charge in [0.15, 0.2) is 0 Å². The number of hydrogen-bond donors (Lipinski definition) is 1. The zero-order valence-corrected chi connectivity index (χ0v) is 10.5. The Hall–Kier alpha value is -1.42. The van der Waals surface area contributed by atoms with Crippen LogP contribution in [-0.2, 0) is 11.3 Å². The number of carbonyl (C=O) groups is 1. The summed E-state index contributed by atoms with van der Waals surface area (Å²) in [6, 6.07) is 6.06. The summed E-state index contributed by atoms with van der Waals surface area (Å²) in [5, 5.41) is 0. The van der Waals surface area contributed by atoms with E-state index < -0.39 is 0 Å². The molecule has 0 saturated carbocycles. The highest BCUT2D eigenvalue weighted by Gasteiger charge is 2.20. The molecule has 2 unspecified atom stereocenters. The smallest absolute Gasteiger partial charge is 0.226 e. The molecule has 0 saturated heterocycles. The summed E-state index contributed by atoms with van der Waals surface area (Å²) in [7, 11) is 1.70. The third-order valence-corrected chi connectivity index (χ3v) is 2.86. The molecule has 1 aromatic rings. The summed E-state index contributed by atoms with van der Waals surface area (Å²) in [6.07, 6.45) is 0. The lowest BCUT2D eigenvalue weighted by molar-refractivity contribution is -0.134. The van der Waals surface area contributed by atoms with Gasteiger partial charge in [-0.25, -0.2) is 4.39 Å². The van der Waals surface area contributed by atoms with Gasteiger partial charge < -0.3 is 10.6 Å². The van der Waals surface area contributed by atoms with Gasteiger partial charge in [0.2, 0.25) is 5.91 Å². The van der Waals surface area contributed by atoms with E-state index in [1.165, 1.54) is 12.1 Å². The van der Waals surface area contributed by atoms with Crippen LogP contribution in [0.5, 0.6) is 0 Å². The lowest BCUT2D eigenvalue weighted by atomic mass is 10.0. The topological polar surface area (TPSA) is 46.3 Å². The lowest BCUT2D eigenvalue weighted by Gasteiger charge is -2.23. The van der Waals surface area contributed by atoms with Crippen molar-refractivity contribution in [1.82, 2.24) is 4.90 Å². The first-order valence-electron chi connectivity index (χ1n) is 5.67. The zero-order chi connectivity index (χ0) is 13.0. The summed E-state index contributed by atoms with van der Waals surface area (Å²) in [4.78, 5) is 13.5. The van der Waals surface area contributed by atoms with Crippen LogP contribution >= 0.6 is 0 Å². The molecular formula is C13H19FN2O. The fraction of sp³-hybridized carbons (Fsp3) is 0.462. The molecule has 17 heavy (non-hydrogen) atoms. The molecule has 2 atom stereocenters. The second kappa shape index (κ2) is 5.77. The van der Waals surface area contributed by atoms with Gasteiger partial charge in [-0.2, -0.15) is 0 Å². The third-order valence-electron chi connectivity index (χ3n) is 2.86. The third kappa shape index (κ3) is 3.82. The van der Waals surface area contributed by atoms with Crippen LogP contribution in [0.2, 0.25) is 0 Å². The van der Waals surface area contributed by atoms with Crippen molar-refractivity contribution in [2.24, 2.45) is 11.7 Å². The highest BCUT2D eigenvalue weighted by Crippen LogP contribution is 2.10. The van der Waals surface area contributed by atoms with E-state index in [1.54, 1.807) is 37.9 Å². The number of halogens is 1. The minimum Gasteiger partial charge on any atom is -0.341 e. The highest BCUT2D eigenvalue weighted by molar-refractivity contribution is 5.78. The first-order chi connectivity index (χ1) is 7.91. The zero-order valence-electron chi connectivity index (χ0n) is 10.5. The van der Waals surface area contributed by atoms with Gasteiger partial charge in [0.25, 0.3) is 0 Å². The van der Waals surface area contributed by atoms with Crippen molar-refractivity contribution in [2.45, 2.75) is 26.4 Å². The first kappa shape index (κ1) is 13.6. The van der Waals surface area contributed by atoms with E-state index in [9.17, 15) is 9.18 Å². The normalized spacial score (nSPS) is 14.2. The lowest BCUT2D eigenvalue weighted by Crippen LogP contribution is -2.39. The maximum Gasteiger partial charge on any atom is 0.226 e. The van der Waals surface area contributed by atoms with Crippen LogP contribution in [0, 0.1) is 11.7 Å². The van der Waals surface area contributed by atoms with Crippen LogP contribution in [-0.4, -0.2) is 23.9 Å². The van der Waals surface area contributed by atoms with E-state index >= 15 is 0 Å². The Kier molecular flexibility index (Phi) is 4.63. The Balaban J connectivity index is 2.66. The molecule has 3 nitrogen and oxygen atoms in total. The average molecular weight is 238 g/mol. The average Bonchev–Trinajstić information content (AvgIpc) is 2.26. The number of nitrogens with two attached hydrogens (primary N) is 1. The quantitative estimate of drug-likeness (QED) is 0.869. The van der Waals surface area contributed by atoms with E-state index in [1.807, 2.05) is 0 Å². The summed E-state index contributed by atoms with van der Waals surface area (Å²) in [6.45, 7) is 4.00. The molecule has 94 valence electrons. The molecular weight excluding hydrogens is 219 g/mol. The van der Waals surface area contributed by atoms with Gasteiger partial charge in [0.1, 0.15) is 5.82 Å². The second-order valence-corrected chi connectivity index (χ2v) is 4.47.